The van der Waals surface area contributed by atoms with E-state index in [2.05, 4.69) is 5.32 Å². The third kappa shape index (κ3) is 3.47. The van der Waals surface area contributed by atoms with E-state index in [9.17, 15) is 4.79 Å². The molecule has 0 unspecified atom stereocenters. The van der Waals surface area contributed by atoms with Crippen molar-refractivity contribution in [1.82, 2.24) is 0 Å². The largest absolute Gasteiger partial charge is 0.384 e. The quantitative estimate of drug-likeness (QED) is 0.752. The highest BCUT2D eigenvalue weighted by molar-refractivity contribution is 6.30. The van der Waals surface area contributed by atoms with Crippen molar-refractivity contribution in [2.24, 2.45) is 5.92 Å². The number of aldehydes is 1. The summed E-state index contributed by atoms with van der Waals surface area (Å²) in [7, 11) is 0. The highest BCUT2D eigenvalue weighted by Crippen LogP contribution is 2.13. The van der Waals surface area contributed by atoms with Crippen molar-refractivity contribution in [3.8, 4) is 0 Å². The van der Waals surface area contributed by atoms with Crippen LogP contribution < -0.4 is 5.32 Å². The third-order valence-electron chi connectivity index (χ3n) is 1.70. The van der Waals surface area contributed by atoms with Gasteiger partial charge >= 0.3 is 0 Å². The van der Waals surface area contributed by atoms with Crippen LogP contribution in [0.5, 0.6) is 0 Å². The molecule has 0 aliphatic rings. The van der Waals surface area contributed by atoms with E-state index in [1.54, 1.807) is 0 Å². The van der Waals surface area contributed by atoms with Gasteiger partial charge in [0, 0.05) is 23.2 Å². The van der Waals surface area contributed by atoms with Crippen molar-refractivity contribution in [1.29, 1.82) is 0 Å². The molecule has 0 bridgehead atoms. The fourth-order valence-electron chi connectivity index (χ4n) is 0.895. The van der Waals surface area contributed by atoms with Crippen molar-refractivity contribution < 1.29 is 4.79 Å². The third-order valence-corrected chi connectivity index (χ3v) is 1.96. The van der Waals surface area contributed by atoms with Gasteiger partial charge in [-0.25, -0.2) is 0 Å². The van der Waals surface area contributed by atoms with Gasteiger partial charge < -0.3 is 10.1 Å². The van der Waals surface area contributed by atoms with E-state index in [0.717, 1.165) is 12.0 Å². The number of hydrogen-bond acceptors (Lipinski definition) is 2. The number of hydrogen-bond donors (Lipinski definition) is 1. The Hall–Kier alpha value is -1.02. The molecular weight excluding hydrogens is 186 g/mol. The van der Waals surface area contributed by atoms with E-state index in [-0.39, 0.29) is 5.92 Å². The molecule has 1 rings (SSSR count). The Morgan fingerprint density at radius 3 is 2.62 bits per heavy atom. The summed E-state index contributed by atoms with van der Waals surface area (Å²) in [5.74, 6) is 0.0377. The van der Waals surface area contributed by atoms with Crippen molar-refractivity contribution in [2.45, 2.75) is 6.92 Å². The van der Waals surface area contributed by atoms with Gasteiger partial charge in [-0.15, -0.1) is 0 Å². The Labute approximate surface area is 82.9 Å². The van der Waals surface area contributed by atoms with Gasteiger partial charge in [-0.3, -0.25) is 0 Å². The first-order chi connectivity index (χ1) is 6.22. The maximum absolute atomic E-state index is 10.3. The van der Waals surface area contributed by atoms with Gasteiger partial charge in [-0.1, -0.05) is 18.5 Å². The number of benzene rings is 1. The average molecular weight is 198 g/mol. The molecule has 0 fully saturated rings. The molecule has 0 spiro atoms. The molecule has 0 saturated carbocycles. The van der Waals surface area contributed by atoms with Crippen molar-refractivity contribution >= 4 is 23.6 Å². The van der Waals surface area contributed by atoms with Gasteiger partial charge in [-0.05, 0) is 24.3 Å². The molecule has 3 heteroatoms. The Kier molecular flexibility index (Phi) is 3.77. The van der Waals surface area contributed by atoms with Crippen LogP contribution in [0.2, 0.25) is 5.02 Å². The lowest BCUT2D eigenvalue weighted by atomic mass is 10.2. The summed E-state index contributed by atoms with van der Waals surface area (Å²) in [6, 6.07) is 7.41. The average Bonchev–Trinajstić information content (AvgIpc) is 2.16. The van der Waals surface area contributed by atoms with Gasteiger partial charge in [0.1, 0.15) is 6.29 Å². The SMILES string of the molecule is C[C@@H](C=O)CNc1ccc(Cl)cc1. The lowest BCUT2D eigenvalue weighted by Gasteiger charge is -2.07. The zero-order chi connectivity index (χ0) is 9.68. The van der Waals surface area contributed by atoms with E-state index < -0.39 is 0 Å². The monoisotopic (exact) mass is 197 g/mol. The Bertz CT molecular complexity index is 271. The fraction of sp³-hybridized carbons (Fsp3) is 0.300. The van der Waals surface area contributed by atoms with Crippen LogP contribution in [0.25, 0.3) is 0 Å². The maximum Gasteiger partial charge on any atom is 0.124 e. The minimum atomic E-state index is 0.0377. The van der Waals surface area contributed by atoms with E-state index >= 15 is 0 Å². The van der Waals surface area contributed by atoms with Gasteiger partial charge in [0.25, 0.3) is 0 Å². The zero-order valence-electron chi connectivity index (χ0n) is 7.46. The fourth-order valence-corrected chi connectivity index (χ4v) is 1.02. The molecule has 0 aliphatic heterocycles. The molecule has 2 nitrogen and oxygen atoms in total. The number of carbonyl (C=O) groups is 1. The van der Waals surface area contributed by atoms with E-state index in [1.807, 2.05) is 31.2 Å². The molecule has 0 radical (unpaired) electrons. The Morgan fingerprint density at radius 2 is 2.08 bits per heavy atom. The molecule has 0 aromatic heterocycles. The molecule has 70 valence electrons. The first-order valence-electron chi connectivity index (χ1n) is 4.17. The number of nitrogens with one attached hydrogen (secondary N) is 1. The molecule has 1 aromatic rings. The molecule has 0 aliphatic carbocycles. The van der Waals surface area contributed by atoms with Gasteiger partial charge in [0.15, 0.2) is 0 Å². The van der Waals surface area contributed by atoms with E-state index in [1.165, 1.54) is 0 Å². The summed E-state index contributed by atoms with van der Waals surface area (Å²) in [4.78, 5) is 10.3. The second-order valence-corrected chi connectivity index (χ2v) is 3.44. The van der Waals surface area contributed by atoms with Gasteiger partial charge in [0.05, 0.1) is 0 Å². The van der Waals surface area contributed by atoms with Crippen LogP contribution in [-0.2, 0) is 4.79 Å². The predicted molar refractivity (Wildman–Crippen MR) is 55.2 cm³/mol. The second-order valence-electron chi connectivity index (χ2n) is 3.00. The predicted octanol–water partition coefficient (Wildman–Crippen LogP) is 2.59. The topological polar surface area (TPSA) is 29.1 Å². The molecule has 1 N–H and O–H groups in total. The maximum atomic E-state index is 10.3. The molecule has 0 amide bonds. The Morgan fingerprint density at radius 1 is 1.46 bits per heavy atom. The summed E-state index contributed by atoms with van der Waals surface area (Å²) in [6.45, 7) is 2.53. The summed E-state index contributed by atoms with van der Waals surface area (Å²) >= 11 is 5.72. The van der Waals surface area contributed by atoms with E-state index in [4.69, 9.17) is 11.6 Å². The lowest BCUT2D eigenvalue weighted by molar-refractivity contribution is -0.110. The molecule has 1 aromatic carbocycles. The summed E-state index contributed by atoms with van der Waals surface area (Å²) in [6.07, 6.45) is 0.933. The molecule has 0 saturated heterocycles. The summed E-state index contributed by atoms with van der Waals surface area (Å²) in [5.41, 5.74) is 0.984. The number of carbonyl (C=O) groups excluding carboxylic acids is 1. The first-order valence-corrected chi connectivity index (χ1v) is 4.55. The summed E-state index contributed by atoms with van der Waals surface area (Å²) < 4.78 is 0. The Balaban J connectivity index is 2.45. The number of rotatable bonds is 4. The lowest BCUT2D eigenvalue weighted by Crippen LogP contribution is -2.11. The van der Waals surface area contributed by atoms with Gasteiger partial charge in [-0.2, -0.15) is 0 Å². The second kappa shape index (κ2) is 4.87. The van der Waals surface area contributed by atoms with Crippen LogP contribution in [0, 0.1) is 5.92 Å². The smallest absolute Gasteiger partial charge is 0.124 e. The molecular formula is C10H12ClNO. The highest BCUT2D eigenvalue weighted by Gasteiger charge is 1.98. The van der Waals surface area contributed by atoms with Crippen LogP contribution in [0.15, 0.2) is 24.3 Å². The minimum Gasteiger partial charge on any atom is -0.384 e. The van der Waals surface area contributed by atoms with Crippen LogP contribution in [-0.4, -0.2) is 12.8 Å². The van der Waals surface area contributed by atoms with Crippen LogP contribution >= 0.6 is 11.6 Å². The van der Waals surface area contributed by atoms with E-state index in [0.29, 0.717) is 11.6 Å². The first kappa shape index (κ1) is 10.1. The molecule has 13 heavy (non-hydrogen) atoms. The van der Waals surface area contributed by atoms with Gasteiger partial charge in [0.2, 0.25) is 0 Å². The number of anilines is 1. The van der Waals surface area contributed by atoms with Crippen LogP contribution in [0.3, 0.4) is 0 Å². The normalized spacial score (nSPS) is 12.2. The van der Waals surface area contributed by atoms with Crippen molar-refractivity contribution in [3.63, 3.8) is 0 Å². The van der Waals surface area contributed by atoms with Crippen molar-refractivity contribution in [3.05, 3.63) is 29.3 Å². The molecule has 0 heterocycles. The van der Waals surface area contributed by atoms with Crippen LogP contribution in [0.1, 0.15) is 6.92 Å². The summed E-state index contributed by atoms with van der Waals surface area (Å²) in [5, 5.41) is 3.85. The standard InChI is InChI=1S/C10H12ClNO/c1-8(7-13)6-12-10-4-2-9(11)3-5-10/h2-5,7-8,12H,6H2,1H3/t8-/m1/s1. The highest BCUT2D eigenvalue weighted by atomic mass is 35.5. The number of halogens is 1. The van der Waals surface area contributed by atoms with Crippen LogP contribution in [0.4, 0.5) is 5.69 Å². The van der Waals surface area contributed by atoms with Crippen molar-refractivity contribution in [2.75, 3.05) is 11.9 Å². The minimum absolute atomic E-state index is 0.0377. The molecule has 1 atom stereocenters. The zero-order valence-corrected chi connectivity index (χ0v) is 8.21.